The molecule has 0 heterocycles. The summed E-state index contributed by atoms with van der Waals surface area (Å²) in [5.74, 6) is 0.833. The summed E-state index contributed by atoms with van der Waals surface area (Å²) in [4.78, 5) is 10.5. The maximum atomic E-state index is 11.0. The van der Waals surface area contributed by atoms with Gasteiger partial charge in [-0.2, -0.15) is 0 Å². The molecule has 0 bridgehead atoms. The smallest absolute Gasteiger partial charge is 0.311 e. The van der Waals surface area contributed by atoms with Crippen LogP contribution in [0.2, 0.25) is 5.02 Å². The molecule has 0 amide bonds. The summed E-state index contributed by atoms with van der Waals surface area (Å²) in [6, 6.07) is 9.63. The van der Waals surface area contributed by atoms with Gasteiger partial charge in [-0.05, 0) is 19.1 Å². The first-order valence-corrected chi connectivity index (χ1v) is 6.70. The lowest BCUT2D eigenvalue weighted by atomic mass is 10.1. The Bertz CT molecular complexity index is 659. The number of rotatable bonds is 4. The standard InChI is InChI=1S/C14H11Cl2NO3/c1-9-2-5-13(10(6-9)8-15)20-14-7-11(16)3-4-12(14)17(18)19/h2-7H,8H2,1H3. The fourth-order valence-corrected chi connectivity index (χ4v) is 2.12. The Morgan fingerprint density at radius 3 is 2.60 bits per heavy atom. The molecular weight excluding hydrogens is 301 g/mol. The lowest BCUT2D eigenvalue weighted by Gasteiger charge is -2.10. The number of nitro benzene ring substituents is 1. The van der Waals surface area contributed by atoms with Crippen molar-refractivity contribution in [2.24, 2.45) is 0 Å². The molecule has 4 nitrogen and oxygen atoms in total. The molecular formula is C14H11Cl2NO3. The number of aryl methyl sites for hydroxylation is 1. The van der Waals surface area contributed by atoms with E-state index in [4.69, 9.17) is 27.9 Å². The van der Waals surface area contributed by atoms with Crippen molar-refractivity contribution in [1.29, 1.82) is 0 Å². The van der Waals surface area contributed by atoms with Gasteiger partial charge in [0, 0.05) is 22.7 Å². The van der Waals surface area contributed by atoms with Gasteiger partial charge in [0.25, 0.3) is 0 Å². The lowest BCUT2D eigenvalue weighted by molar-refractivity contribution is -0.385. The minimum Gasteiger partial charge on any atom is -0.450 e. The van der Waals surface area contributed by atoms with E-state index in [0.717, 1.165) is 11.1 Å². The van der Waals surface area contributed by atoms with Gasteiger partial charge in [-0.25, -0.2) is 0 Å². The predicted octanol–water partition coefficient (Wildman–Crippen LogP) is 5.09. The molecule has 0 aliphatic heterocycles. The molecule has 2 rings (SSSR count). The maximum Gasteiger partial charge on any atom is 0.311 e. The summed E-state index contributed by atoms with van der Waals surface area (Å²) in [6.07, 6.45) is 0. The second-order valence-corrected chi connectivity index (χ2v) is 4.92. The van der Waals surface area contributed by atoms with Crippen LogP contribution in [0, 0.1) is 17.0 Å². The van der Waals surface area contributed by atoms with Gasteiger partial charge < -0.3 is 4.74 Å². The Kier molecular flexibility index (Phi) is 4.47. The maximum absolute atomic E-state index is 11.0. The molecule has 0 aliphatic rings. The molecule has 20 heavy (non-hydrogen) atoms. The number of benzene rings is 2. The molecule has 0 saturated carbocycles. The van der Waals surface area contributed by atoms with Crippen molar-refractivity contribution in [3.63, 3.8) is 0 Å². The number of nitrogens with zero attached hydrogens (tertiary/aromatic N) is 1. The highest BCUT2D eigenvalue weighted by atomic mass is 35.5. The quantitative estimate of drug-likeness (QED) is 0.449. The third-order valence-electron chi connectivity index (χ3n) is 2.70. The highest BCUT2D eigenvalue weighted by molar-refractivity contribution is 6.30. The molecule has 0 spiro atoms. The minimum atomic E-state index is -0.514. The van der Waals surface area contributed by atoms with Gasteiger partial charge in [0.05, 0.1) is 10.8 Å². The molecule has 0 saturated heterocycles. The molecule has 6 heteroatoms. The van der Waals surface area contributed by atoms with Crippen LogP contribution in [0.25, 0.3) is 0 Å². The average molecular weight is 312 g/mol. The molecule has 0 radical (unpaired) electrons. The molecule has 2 aromatic carbocycles. The molecule has 0 N–H and O–H groups in total. The van der Waals surface area contributed by atoms with E-state index in [-0.39, 0.29) is 17.3 Å². The first-order chi connectivity index (χ1) is 9.51. The van der Waals surface area contributed by atoms with Crippen molar-refractivity contribution >= 4 is 28.9 Å². The van der Waals surface area contributed by atoms with Gasteiger partial charge in [0.2, 0.25) is 5.75 Å². The Labute approximate surface area is 126 Å². The van der Waals surface area contributed by atoms with Gasteiger partial charge >= 0.3 is 5.69 Å². The van der Waals surface area contributed by atoms with E-state index < -0.39 is 4.92 Å². The van der Waals surface area contributed by atoms with Gasteiger partial charge in [-0.3, -0.25) is 10.1 Å². The lowest BCUT2D eigenvalue weighted by Crippen LogP contribution is -1.95. The highest BCUT2D eigenvalue weighted by Gasteiger charge is 2.17. The molecule has 0 aromatic heterocycles. The van der Waals surface area contributed by atoms with Gasteiger partial charge in [0.1, 0.15) is 5.75 Å². The summed E-state index contributed by atoms with van der Waals surface area (Å²) in [5, 5.41) is 11.4. The number of alkyl halides is 1. The van der Waals surface area contributed by atoms with E-state index in [9.17, 15) is 10.1 Å². The van der Waals surface area contributed by atoms with E-state index in [1.807, 2.05) is 19.1 Å². The van der Waals surface area contributed by atoms with Crippen LogP contribution in [0.1, 0.15) is 11.1 Å². The van der Waals surface area contributed by atoms with E-state index in [1.54, 1.807) is 6.07 Å². The van der Waals surface area contributed by atoms with Crippen molar-refractivity contribution in [2.75, 3.05) is 0 Å². The zero-order valence-electron chi connectivity index (χ0n) is 10.6. The largest absolute Gasteiger partial charge is 0.450 e. The number of ether oxygens (including phenoxy) is 1. The number of nitro groups is 1. The zero-order valence-corrected chi connectivity index (χ0v) is 12.1. The van der Waals surface area contributed by atoms with Crippen LogP contribution in [-0.4, -0.2) is 4.92 Å². The molecule has 2 aromatic rings. The van der Waals surface area contributed by atoms with Crippen LogP contribution < -0.4 is 4.74 Å². The van der Waals surface area contributed by atoms with Crippen LogP contribution in [0.4, 0.5) is 5.69 Å². The van der Waals surface area contributed by atoms with Crippen LogP contribution in [-0.2, 0) is 5.88 Å². The molecule has 104 valence electrons. The fraction of sp³-hybridized carbons (Fsp3) is 0.143. The average Bonchev–Trinajstić information content (AvgIpc) is 2.40. The highest BCUT2D eigenvalue weighted by Crippen LogP contribution is 2.35. The second kappa shape index (κ2) is 6.11. The molecule has 0 aliphatic carbocycles. The number of halogens is 2. The Hall–Kier alpha value is -1.78. The number of hydrogen-bond donors (Lipinski definition) is 0. The topological polar surface area (TPSA) is 52.4 Å². The van der Waals surface area contributed by atoms with Crippen LogP contribution in [0.3, 0.4) is 0 Å². The Morgan fingerprint density at radius 2 is 1.95 bits per heavy atom. The van der Waals surface area contributed by atoms with Crippen molar-refractivity contribution in [2.45, 2.75) is 12.8 Å². The van der Waals surface area contributed by atoms with Crippen LogP contribution >= 0.6 is 23.2 Å². The van der Waals surface area contributed by atoms with E-state index in [0.29, 0.717) is 10.8 Å². The SMILES string of the molecule is Cc1ccc(Oc2cc(Cl)ccc2[N+](=O)[O-])c(CCl)c1. The van der Waals surface area contributed by atoms with Gasteiger partial charge in [-0.1, -0.05) is 29.3 Å². The monoisotopic (exact) mass is 311 g/mol. The van der Waals surface area contributed by atoms with Crippen molar-refractivity contribution in [3.05, 3.63) is 62.7 Å². The summed E-state index contributed by atoms with van der Waals surface area (Å²) < 4.78 is 5.62. The summed E-state index contributed by atoms with van der Waals surface area (Å²) in [6.45, 7) is 1.93. The van der Waals surface area contributed by atoms with Crippen molar-refractivity contribution in [1.82, 2.24) is 0 Å². The Balaban J connectivity index is 2.44. The molecule has 0 unspecified atom stereocenters. The third kappa shape index (κ3) is 3.21. The molecule has 0 atom stereocenters. The minimum absolute atomic E-state index is 0.0951. The predicted molar refractivity (Wildman–Crippen MR) is 78.9 cm³/mol. The first kappa shape index (κ1) is 14.6. The third-order valence-corrected chi connectivity index (χ3v) is 3.22. The summed E-state index contributed by atoms with van der Waals surface area (Å²) >= 11 is 11.7. The van der Waals surface area contributed by atoms with Crippen LogP contribution in [0.5, 0.6) is 11.5 Å². The number of hydrogen-bond acceptors (Lipinski definition) is 3. The van der Waals surface area contributed by atoms with E-state index >= 15 is 0 Å². The first-order valence-electron chi connectivity index (χ1n) is 5.78. The summed E-state index contributed by atoms with van der Waals surface area (Å²) in [5.41, 5.74) is 1.66. The van der Waals surface area contributed by atoms with Crippen molar-refractivity contribution < 1.29 is 9.66 Å². The van der Waals surface area contributed by atoms with Gasteiger partial charge in [-0.15, -0.1) is 11.6 Å². The normalized spacial score (nSPS) is 10.3. The summed E-state index contributed by atoms with van der Waals surface area (Å²) in [7, 11) is 0. The fourth-order valence-electron chi connectivity index (χ4n) is 1.75. The second-order valence-electron chi connectivity index (χ2n) is 4.22. The molecule has 0 fully saturated rings. The zero-order chi connectivity index (χ0) is 14.7. The van der Waals surface area contributed by atoms with E-state index in [1.165, 1.54) is 18.2 Å². The van der Waals surface area contributed by atoms with E-state index in [2.05, 4.69) is 0 Å². The Morgan fingerprint density at radius 1 is 1.20 bits per heavy atom. The van der Waals surface area contributed by atoms with Crippen molar-refractivity contribution in [3.8, 4) is 11.5 Å². The van der Waals surface area contributed by atoms with Gasteiger partial charge in [0.15, 0.2) is 0 Å². The van der Waals surface area contributed by atoms with Crippen LogP contribution in [0.15, 0.2) is 36.4 Å².